The van der Waals surface area contributed by atoms with Gasteiger partial charge in [0.25, 0.3) is 0 Å². The van der Waals surface area contributed by atoms with E-state index < -0.39 is 0 Å². The first-order valence-corrected chi connectivity index (χ1v) is 7.56. The van der Waals surface area contributed by atoms with Crippen LogP contribution in [0.4, 0.5) is 0 Å². The molecule has 0 radical (unpaired) electrons. The molecule has 0 aliphatic rings. The molecular formula is C14H22N4S. The number of aromatic nitrogens is 3. The van der Waals surface area contributed by atoms with Crippen LogP contribution in [0.25, 0.3) is 0 Å². The summed E-state index contributed by atoms with van der Waals surface area (Å²) in [6.45, 7) is 7.31. The number of thiazole rings is 1. The Balaban J connectivity index is 2.05. The Morgan fingerprint density at radius 2 is 2.21 bits per heavy atom. The predicted octanol–water partition coefficient (Wildman–Crippen LogP) is 2.78. The lowest BCUT2D eigenvalue weighted by Crippen LogP contribution is -2.21. The van der Waals surface area contributed by atoms with E-state index in [1.165, 1.54) is 16.1 Å². The Morgan fingerprint density at radius 3 is 2.74 bits per heavy atom. The summed E-state index contributed by atoms with van der Waals surface area (Å²) in [5, 5.41) is 8.94. The molecule has 0 fully saturated rings. The van der Waals surface area contributed by atoms with Gasteiger partial charge in [0.2, 0.25) is 0 Å². The molecule has 1 atom stereocenters. The average molecular weight is 278 g/mol. The van der Waals surface area contributed by atoms with E-state index in [1.54, 1.807) is 0 Å². The predicted molar refractivity (Wildman–Crippen MR) is 79.5 cm³/mol. The molecule has 0 saturated carbocycles. The molecule has 2 heterocycles. The zero-order valence-corrected chi connectivity index (χ0v) is 12.9. The quantitative estimate of drug-likeness (QED) is 0.883. The summed E-state index contributed by atoms with van der Waals surface area (Å²) in [4.78, 5) is 5.91. The van der Waals surface area contributed by atoms with Crippen molar-refractivity contribution >= 4 is 11.3 Å². The minimum Gasteiger partial charge on any atom is -0.309 e. The molecule has 0 aromatic carbocycles. The van der Waals surface area contributed by atoms with Crippen LogP contribution in [0.1, 0.15) is 40.5 Å². The summed E-state index contributed by atoms with van der Waals surface area (Å²) in [5.41, 5.74) is 2.46. The normalized spacial score (nSPS) is 12.8. The van der Waals surface area contributed by atoms with Crippen molar-refractivity contribution in [3.05, 3.63) is 33.5 Å². The maximum Gasteiger partial charge on any atom is 0.0900 e. The first-order valence-electron chi connectivity index (χ1n) is 6.75. The molecule has 0 spiro atoms. The highest BCUT2D eigenvalue weighted by Gasteiger charge is 2.16. The second-order valence-electron chi connectivity index (χ2n) is 4.85. The molecule has 1 unspecified atom stereocenters. The Morgan fingerprint density at radius 1 is 1.42 bits per heavy atom. The molecule has 2 aromatic rings. The van der Waals surface area contributed by atoms with Crippen LogP contribution in [0.3, 0.4) is 0 Å². The number of nitrogens with one attached hydrogen (secondary N) is 1. The third-order valence-corrected chi connectivity index (χ3v) is 4.37. The fraction of sp³-hybridized carbons (Fsp3) is 0.571. The minimum absolute atomic E-state index is 0.399. The molecular weight excluding hydrogens is 256 g/mol. The molecule has 104 valence electrons. The first-order chi connectivity index (χ1) is 9.10. The summed E-state index contributed by atoms with van der Waals surface area (Å²) in [6, 6.07) is 0.399. The van der Waals surface area contributed by atoms with Gasteiger partial charge in [0.1, 0.15) is 0 Å². The van der Waals surface area contributed by atoms with E-state index >= 15 is 0 Å². The largest absolute Gasteiger partial charge is 0.309 e. The second-order valence-corrected chi connectivity index (χ2v) is 6.09. The summed E-state index contributed by atoms with van der Waals surface area (Å²) in [5.74, 6) is 0. The fourth-order valence-corrected chi connectivity index (χ4v) is 3.39. The maximum absolute atomic E-state index is 4.54. The van der Waals surface area contributed by atoms with Gasteiger partial charge in [0.15, 0.2) is 0 Å². The Labute approximate surface area is 118 Å². The van der Waals surface area contributed by atoms with Gasteiger partial charge in [-0.3, -0.25) is 4.68 Å². The second kappa shape index (κ2) is 6.30. The summed E-state index contributed by atoms with van der Waals surface area (Å²) in [7, 11) is 1.96. The number of hydrogen-bond acceptors (Lipinski definition) is 4. The third-order valence-electron chi connectivity index (χ3n) is 3.19. The van der Waals surface area contributed by atoms with Crippen molar-refractivity contribution in [3.8, 4) is 0 Å². The first kappa shape index (κ1) is 14.2. The van der Waals surface area contributed by atoms with Crippen LogP contribution in [0.2, 0.25) is 0 Å². The molecule has 2 rings (SSSR count). The maximum atomic E-state index is 4.54. The van der Waals surface area contributed by atoms with E-state index in [1.807, 2.05) is 29.3 Å². The van der Waals surface area contributed by atoms with E-state index in [0.717, 1.165) is 24.4 Å². The third kappa shape index (κ3) is 3.64. The number of aryl methyl sites for hydroxylation is 4. The van der Waals surface area contributed by atoms with E-state index in [2.05, 4.69) is 42.4 Å². The van der Waals surface area contributed by atoms with Gasteiger partial charge >= 0.3 is 0 Å². The van der Waals surface area contributed by atoms with Crippen molar-refractivity contribution in [1.29, 1.82) is 0 Å². The molecule has 0 saturated heterocycles. The molecule has 4 nitrogen and oxygen atoms in total. The van der Waals surface area contributed by atoms with E-state index in [-0.39, 0.29) is 0 Å². The van der Waals surface area contributed by atoms with Crippen molar-refractivity contribution in [2.45, 2.75) is 39.7 Å². The van der Waals surface area contributed by atoms with Crippen molar-refractivity contribution in [3.63, 3.8) is 0 Å². The van der Waals surface area contributed by atoms with E-state index in [4.69, 9.17) is 0 Å². The number of rotatable bonds is 6. The molecule has 5 heteroatoms. The molecule has 1 N–H and O–H groups in total. The standard InChI is InChI=1S/C14H22N4S/c1-5-15-13(14-10(2)17-11(3)19-14)7-6-12-8-16-18(4)9-12/h8-9,13,15H,5-7H2,1-4H3. The number of hydrogen-bond donors (Lipinski definition) is 1. The van der Waals surface area contributed by atoms with Crippen LogP contribution in [0.5, 0.6) is 0 Å². The molecule has 0 bridgehead atoms. The van der Waals surface area contributed by atoms with Gasteiger partial charge in [-0.05, 0) is 38.8 Å². The van der Waals surface area contributed by atoms with Gasteiger partial charge in [-0.1, -0.05) is 6.92 Å². The van der Waals surface area contributed by atoms with Crippen molar-refractivity contribution in [2.24, 2.45) is 7.05 Å². The van der Waals surface area contributed by atoms with Gasteiger partial charge in [-0.15, -0.1) is 11.3 Å². The van der Waals surface area contributed by atoms with Crippen LogP contribution in [-0.4, -0.2) is 21.3 Å². The monoisotopic (exact) mass is 278 g/mol. The van der Waals surface area contributed by atoms with Crippen LogP contribution >= 0.6 is 11.3 Å². The molecule has 0 amide bonds. The SMILES string of the molecule is CCNC(CCc1cnn(C)c1)c1sc(C)nc1C. The lowest BCUT2D eigenvalue weighted by atomic mass is 10.1. The minimum atomic E-state index is 0.399. The van der Waals surface area contributed by atoms with Gasteiger partial charge in [-0.2, -0.15) is 5.10 Å². The number of nitrogens with zero attached hydrogens (tertiary/aromatic N) is 3. The van der Waals surface area contributed by atoms with Gasteiger partial charge in [0.05, 0.1) is 16.9 Å². The highest BCUT2D eigenvalue weighted by molar-refractivity contribution is 7.11. The average Bonchev–Trinajstić information content (AvgIpc) is 2.91. The van der Waals surface area contributed by atoms with Crippen molar-refractivity contribution < 1.29 is 0 Å². The van der Waals surface area contributed by atoms with Gasteiger partial charge in [0, 0.05) is 24.2 Å². The lowest BCUT2D eigenvalue weighted by Gasteiger charge is -2.16. The Hall–Kier alpha value is -1.20. The zero-order chi connectivity index (χ0) is 13.8. The molecule has 0 aliphatic heterocycles. The van der Waals surface area contributed by atoms with Crippen LogP contribution < -0.4 is 5.32 Å². The summed E-state index contributed by atoms with van der Waals surface area (Å²) >= 11 is 1.81. The van der Waals surface area contributed by atoms with Gasteiger partial charge in [-0.25, -0.2) is 4.98 Å². The highest BCUT2D eigenvalue weighted by atomic mass is 32.1. The molecule has 0 aliphatic carbocycles. The Kier molecular flexibility index (Phi) is 4.71. The smallest absolute Gasteiger partial charge is 0.0900 e. The fourth-order valence-electron chi connectivity index (χ4n) is 2.35. The lowest BCUT2D eigenvalue weighted by molar-refractivity contribution is 0.520. The van der Waals surface area contributed by atoms with E-state index in [0.29, 0.717) is 6.04 Å². The van der Waals surface area contributed by atoms with Crippen LogP contribution in [0, 0.1) is 13.8 Å². The van der Waals surface area contributed by atoms with Crippen LogP contribution in [-0.2, 0) is 13.5 Å². The molecule has 2 aromatic heterocycles. The topological polar surface area (TPSA) is 42.7 Å². The van der Waals surface area contributed by atoms with Crippen molar-refractivity contribution in [2.75, 3.05) is 6.54 Å². The van der Waals surface area contributed by atoms with Gasteiger partial charge < -0.3 is 5.32 Å². The van der Waals surface area contributed by atoms with Crippen molar-refractivity contribution in [1.82, 2.24) is 20.1 Å². The van der Waals surface area contributed by atoms with Crippen LogP contribution in [0.15, 0.2) is 12.4 Å². The zero-order valence-electron chi connectivity index (χ0n) is 12.1. The van der Waals surface area contributed by atoms with E-state index in [9.17, 15) is 0 Å². The summed E-state index contributed by atoms with van der Waals surface area (Å²) in [6.07, 6.45) is 6.17. The highest BCUT2D eigenvalue weighted by Crippen LogP contribution is 2.28. The molecule has 19 heavy (non-hydrogen) atoms. The Bertz CT molecular complexity index is 529. The summed E-state index contributed by atoms with van der Waals surface area (Å²) < 4.78 is 1.86.